The molecule has 3 aromatic rings. The number of hydrogen-bond donors (Lipinski definition) is 2. The number of carbonyl (C=O) groups is 1. The van der Waals surface area contributed by atoms with Gasteiger partial charge >= 0.3 is 5.97 Å². The second-order valence-electron chi connectivity index (χ2n) is 3.82. The summed E-state index contributed by atoms with van der Waals surface area (Å²) in [5.41, 5.74) is 1.74. The van der Waals surface area contributed by atoms with Gasteiger partial charge in [0.05, 0.1) is 10.9 Å². The highest BCUT2D eigenvalue weighted by atomic mass is 79.9. The zero-order chi connectivity index (χ0) is 12.2. The van der Waals surface area contributed by atoms with Gasteiger partial charge in [0.1, 0.15) is 0 Å². The van der Waals surface area contributed by atoms with Crippen molar-refractivity contribution in [2.75, 3.05) is 0 Å². The molecule has 0 bridgehead atoms. The number of aromatic carboxylic acids is 1. The molecule has 0 aliphatic heterocycles. The molecule has 0 saturated carbocycles. The highest BCUT2D eigenvalue weighted by Gasteiger charge is 2.19. The van der Waals surface area contributed by atoms with Crippen LogP contribution < -0.4 is 0 Å². The number of rotatable bonds is 1. The molecule has 0 amide bonds. The maximum Gasteiger partial charge on any atom is 0.354 e. The van der Waals surface area contributed by atoms with E-state index >= 15 is 0 Å². The summed E-state index contributed by atoms with van der Waals surface area (Å²) in [5.74, 6) is -1.00. The fourth-order valence-electron chi connectivity index (χ4n) is 2.10. The standard InChI is InChI=1S/C11H8BrN3O2/c1-15-7-3-2-5(12)4-6(7)8-9(11(16)17)13-14-10(8)15/h2-4H,1H3,(H,13,14)(H,16,17). The van der Waals surface area contributed by atoms with Crippen molar-refractivity contribution in [2.24, 2.45) is 7.05 Å². The maximum atomic E-state index is 11.1. The van der Waals surface area contributed by atoms with E-state index in [4.69, 9.17) is 5.11 Å². The average molecular weight is 294 g/mol. The molecular weight excluding hydrogens is 286 g/mol. The monoisotopic (exact) mass is 293 g/mol. The molecule has 0 saturated heterocycles. The Balaban J connectivity index is 2.58. The van der Waals surface area contributed by atoms with Crippen LogP contribution in [0, 0.1) is 0 Å². The summed E-state index contributed by atoms with van der Waals surface area (Å²) in [4.78, 5) is 11.1. The quantitative estimate of drug-likeness (QED) is 0.724. The van der Waals surface area contributed by atoms with Crippen LogP contribution in [0.3, 0.4) is 0 Å². The first-order chi connectivity index (χ1) is 8.09. The van der Waals surface area contributed by atoms with Gasteiger partial charge in [0, 0.05) is 16.9 Å². The Morgan fingerprint density at radius 1 is 1.53 bits per heavy atom. The van der Waals surface area contributed by atoms with E-state index in [-0.39, 0.29) is 5.69 Å². The van der Waals surface area contributed by atoms with E-state index in [0.717, 1.165) is 15.4 Å². The summed E-state index contributed by atoms with van der Waals surface area (Å²) in [6.45, 7) is 0. The van der Waals surface area contributed by atoms with Gasteiger partial charge in [-0.05, 0) is 18.2 Å². The molecule has 0 fully saturated rings. The number of halogens is 1. The average Bonchev–Trinajstić information content (AvgIpc) is 2.80. The minimum absolute atomic E-state index is 0.128. The molecule has 0 aliphatic rings. The third kappa shape index (κ3) is 1.30. The summed E-state index contributed by atoms with van der Waals surface area (Å²) in [6.07, 6.45) is 0. The molecule has 0 unspecified atom stereocenters. The van der Waals surface area contributed by atoms with Crippen LogP contribution >= 0.6 is 15.9 Å². The van der Waals surface area contributed by atoms with Crippen LogP contribution in [0.4, 0.5) is 0 Å². The summed E-state index contributed by atoms with van der Waals surface area (Å²) in [7, 11) is 1.87. The first-order valence-electron chi connectivity index (χ1n) is 4.95. The number of carboxylic acid groups (broad SMARTS) is 1. The minimum Gasteiger partial charge on any atom is -0.477 e. The lowest BCUT2D eigenvalue weighted by Gasteiger charge is -1.96. The number of aromatic nitrogens is 3. The SMILES string of the molecule is Cn1c2ccc(Br)cc2c2c(C(=O)O)[nH]nc21. The summed E-state index contributed by atoms with van der Waals surface area (Å²) in [5, 5.41) is 17.3. The third-order valence-corrected chi connectivity index (χ3v) is 3.36. The van der Waals surface area contributed by atoms with Crippen molar-refractivity contribution in [1.82, 2.24) is 14.8 Å². The van der Waals surface area contributed by atoms with Gasteiger partial charge in [-0.25, -0.2) is 4.79 Å². The van der Waals surface area contributed by atoms with Crippen LogP contribution in [-0.2, 0) is 7.05 Å². The van der Waals surface area contributed by atoms with Crippen molar-refractivity contribution in [3.63, 3.8) is 0 Å². The Hall–Kier alpha value is -1.82. The molecule has 86 valence electrons. The van der Waals surface area contributed by atoms with Crippen LogP contribution in [0.25, 0.3) is 21.9 Å². The van der Waals surface area contributed by atoms with Crippen molar-refractivity contribution >= 4 is 43.8 Å². The summed E-state index contributed by atoms with van der Waals surface area (Å²) < 4.78 is 2.79. The molecule has 0 atom stereocenters. The molecular formula is C11H8BrN3O2. The zero-order valence-corrected chi connectivity index (χ0v) is 10.4. The smallest absolute Gasteiger partial charge is 0.354 e. The van der Waals surface area contributed by atoms with Crippen molar-refractivity contribution in [2.45, 2.75) is 0 Å². The number of fused-ring (bicyclic) bond motifs is 3. The number of H-pyrrole nitrogens is 1. The maximum absolute atomic E-state index is 11.1. The van der Waals surface area contributed by atoms with Gasteiger partial charge in [-0.15, -0.1) is 0 Å². The van der Waals surface area contributed by atoms with E-state index in [9.17, 15) is 4.79 Å². The topological polar surface area (TPSA) is 70.9 Å². The largest absolute Gasteiger partial charge is 0.477 e. The molecule has 2 aromatic heterocycles. The molecule has 6 heteroatoms. The molecule has 3 rings (SSSR count). The van der Waals surface area contributed by atoms with Gasteiger partial charge in [-0.2, -0.15) is 5.10 Å². The Labute approximate surface area is 104 Å². The molecule has 2 N–H and O–H groups in total. The van der Waals surface area contributed by atoms with Gasteiger partial charge in [0.2, 0.25) is 0 Å². The highest BCUT2D eigenvalue weighted by molar-refractivity contribution is 9.10. The molecule has 17 heavy (non-hydrogen) atoms. The second-order valence-corrected chi connectivity index (χ2v) is 4.74. The molecule has 2 heterocycles. The Kier molecular flexibility index (Phi) is 2.03. The van der Waals surface area contributed by atoms with E-state index in [2.05, 4.69) is 26.1 Å². The van der Waals surface area contributed by atoms with Crippen LogP contribution in [0.5, 0.6) is 0 Å². The molecule has 0 aliphatic carbocycles. The van der Waals surface area contributed by atoms with Crippen molar-refractivity contribution in [1.29, 1.82) is 0 Å². The van der Waals surface area contributed by atoms with Crippen LogP contribution in [0.15, 0.2) is 22.7 Å². The van der Waals surface area contributed by atoms with Gasteiger partial charge in [0.25, 0.3) is 0 Å². The fraction of sp³-hybridized carbons (Fsp3) is 0.0909. The summed E-state index contributed by atoms with van der Waals surface area (Å²) >= 11 is 3.39. The number of nitrogens with zero attached hydrogens (tertiary/aromatic N) is 2. The Bertz CT molecular complexity index is 757. The normalized spacial score (nSPS) is 11.4. The third-order valence-electron chi connectivity index (χ3n) is 2.87. The zero-order valence-electron chi connectivity index (χ0n) is 8.86. The molecule has 5 nitrogen and oxygen atoms in total. The van der Waals surface area contributed by atoms with Gasteiger partial charge in [-0.1, -0.05) is 15.9 Å². The van der Waals surface area contributed by atoms with Crippen LogP contribution in [-0.4, -0.2) is 25.8 Å². The Morgan fingerprint density at radius 3 is 3.00 bits per heavy atom. The predicted octanol–water partition coefficient (Wildman–Crippen LogP) is 2.52. The van der Waals surface area contributed by atoms with E-state index in [0.29, 0.717) is 11.0 Å². The van der Waals surface area contributed by atoms with Crippen molar-refractivity contribution < 1.29 is 9.90 Å². The lowest BCUT2D eigenvalue weighted by atomic mass is 10.2. The number of benzene rings is 1. The second kappa shape index (κ2) is 3.33. The lowest BCUT2D eigenvalue weighted by Crippen LogP contribution is -1.96. The lowest BCUT2D eigenvalue weighted by molar-refractivity contribution is 0.0692. The highest BCUT2D eigenvalue weighted by Crippen LogP contribution is 2.31. The molecule has 0 spiro atoms. The first kappa shape index (κ1) is 10.3. The predicted molar refractivity (Wildman–Crippen MR) is 67.2 cm³/mol. The Morgan fingerprint density at radius 2 is 2.29 bits per heavy atom. The number of aryl methyl sites for hydroxylation is 1. The van der Waals surface area contributed by atoms with E-state index < -0.39 is 5.97 Å². The van der Waals surface area contributed by atoms with Gasteiger partial charge in [-0.3, -0.25) is 5.10 Å². The summed E-state index contributed by atoms with van der Waals surface area (Å²) in [6, 6.07) is 5.76. The van der Waals surface area contributed by atoms with Crippen molar-refractivity contribution in [3.05, 3.63) is 28.4 Å². The number of aromatic amines is 1. The number of nitrogens with one attached hydrogen (secondary N) is 1. The van der Waals surface area contributed by atoms with Crippen LogP contribution in [0.1, 0.15) is 10.5 Å². The van der Waals surface area contributed by atoms with E-state index in [1.807, 2.05) is 29.8 Å². The van der Waals surface area contributed by atoms with Crippen molar-refractivity contribution in [3.8, 4) is 0 Å². The van der Waals surface area contributed by atoms with E-state index in [1.165, 1.54) is 0 Å². The number of carboxylic acids is 1. The number of hydrogen-bond acceptors (Lipinski definition) is 2. The van der Waals surface area contributed by atoms with Gasteiger partial charge < -0.3 is 9.67 Å². The first-order valence-corrected chi connectivity index (χ1v) is 5.74. The minimum atomic E-state index is -1.00. The van der Waals surface area contributed by atoms with Gasteiger partial charge in [0.15, 0.2) is 11.3 Å². The van der Waals surface area contributed by atoms with Crippen LogP contribution in [0.2, 0.25) is 0 Å². The molecule has 0 radical (unpaired) electrons. The van der Waals surface area contributed by atoms with E-state index in [1.54, 1.807) is 0 Å². The fourth-order valence-corrected chi connectivity index (χ4v) is 2.46. The molecule has 1 aromatic carbocycles.